The molecule has 2 aliphatic heterocycles. The molecular weight excluding hydrogens is 404 g/mol. The lowest BCUT2D eigenvalue weighted by Crippen LogP contribution is -2.42. The number of imidazole rings is 1. The summed E-state index contributed by atoms with van der Waals surface area (Å²) in [5.74, 6) is 0.910. The van der Waals surface area contributed by atoms with Crippen LogP contribution in [0.15, 0.2) is 42.5 Å². The smallest absolute Gasteiger partial charge is 0.242 e. The molecule has 0 bridgehead atoms. The van der Waals surface area contributed by atoms with Crippen LogP contribution in [0.2, 0.25) is 0 Å². The Morgan fingerprint density at radius 1 is 1.09 bits per heavy atom. The first-order valence-corrected chi connectivity index (χ1v) is 11.2. The molecule has 7 nitrogen and oxygen atoms in total. The summed E-state index contributed by atoms with van der Waals surface area (Å²) in [5.41, 5.74) is 5.00. The van der Waals surface area contributed by atoms with Gasteiger partial charge in [0.25, 0.3) is 0 Å². The van der Waals surface area contributed by atoms with Gasteiger partial charge in [0.1, 0.15) is 12.4 Å². The lowest BCUT2D eigenvalue weighted by molar-refractivity contribution is -0.135. The summed E-state index contributed by atoms with van der Waals surface area (Å²) in [5, 5.41) is 0. The molecular formula is C25H28N4O3. The number of carbonyl (C=O) groups excluding carboxylic acids is 2. The van der Waals surface area contributed by atoms with E-state index in [0.29, 0.717) is 39.3 Å². The maximum Gasteiger partial charge on any atom is 0.242 e. The minimum atomic E-state index is -0.0618. The second-order valence-corrected chi connectivity index (χ2v) is 8.79. The highest BCUT2D eigenvalue weighted by Gasteiger charge is 2.35. The number of benzene rings is 2. The van der Waals surface area contributed by atoms with Gasteiger partial charge in [0.15, 0.2) is 0 Å². The van der Waals surface area contributed by atoms with Gasteiger partial charge in [0, 0.05) is 37.7 Å². The number of morpholine rings is 1. The molecule has 0 saturated carbocycles. The Labute approximate surface area is 187 Å². The number of nitrogens with zero attached hydrogens (tertiary/aromatic N) is 4. The van der Waals surface area contributed by atoms with Gasteiger partial charge in [-0.1, -0.05) is 18.2 Å². The monoisotopic (exact) mass is 432 g/mol. The number of hydrogen-bond acceptors (Lipinski definition) is 4. The molecule has 0 radical (unpaired) electrons. The van der Waals surface area contributed by atoms with Gasteiger partial charge in [-0.3, -0.25) is 9.59 Å². The summed E-state index contributed by atoms with van der Waals surface area (Å²) in [7, 11) is 0. The van der Waals surface area contributed by atoms with E-state index in [0.717, 1.165) is 33.7 Å². The first-order chi connectivity index (χ1) is 15.5. The van der Waals surface area contributed by atoms with Crippen LogP contribution >= 0.6 is 0 Å². The fourth-order valence-electron chi connectivity index (χ4n) is 4.86. The zero-order valence-corrected chi connectivity index (χ0v) is 18.6. The Kier molecular flexibility index (Phi) is 5.43. The number of hydrogen-bond donors (Lipinski definition) is 0. The van der Waals surface area contributed by atoms with Crippen molar-refractivity contribution < 1.29 is 14.3 Å². The lowest BCUT2D eigenvalue weighted by atomic mass is 10.1. The maximum atomic E-state index is 13.0. The van der Waals surface area contributed by atoms with Crippen molar-refractivity contribution in [1.29, 1.82) is 0 Å². The number of ether oxygens (including phenoxy) is 1. The van der Waals surface area contributed by atoms with Crippen LogP contribution in [0.5, 0.6) is 0 Å². The molecule has 2 saturated heterocycles. The summed E-state index contributed by atoms with van der Waals surface area (Å²) in [6.07, 6.45) is 0.391. The molecule has 0 N–H and O–H groups in total. The van der Waals surface area contributed by atoms with Crippen LogP contribution in [0, 0.1) is 13.8 Å². The second kappa shape index (κ2) is 8.39. The van der Waals surface area contributed by atoms with Gasteiger partial charge >= 0.3 is 0 Å². The summed E-state index contributed by atoms with van der Waals surface area (Å²) in [4.78, 5) is 34.6. The van der Waals surface area contributed by atoms with Crippen LogP contribution in [0.25, 0.3) is 11.0 Å². The molecule has 0 aliphatic carbocycles. The first-order valence-electron chi connectivity index (χ1n) is 11.2. The molecule has 3 heterocycles. The molecule has 2 aliphatic rings. The first kappa shape index (κ1) is 20.7. The summed E-state index contributed by atoms with van der Waals surface area (Å²) in [6.45, 7) is 7.26. The predicted molar refractivity (Wildman–Crippen MR) is 123 cm³/mol. The largest absolute Gasteiger partial charge is 0.378 e. The van der Waals surface area contributed by atoms with Crippen LogP contribution < -0.4 is 4.90 Å². The quantitative estimate of drug-likeness (QED) is 0.636. The summed E-state index contributed by atoms with van der Waals surface area (Å²) >= 11 is 0. The number of anilines is 1. The lowest BCUT2D eigenvalue weighted by Gasteiger charge is -2.27. The molecule has 166 valence electrons. The van der Waals surface area contributed by atoms with Crippen molar-refractivity contribution in [3.8, 4) is 0 Å². The van der Waals surface area contributed by atoms with E-state index in [1.807, 2.05) is 52.5 Å². The van der Waals surface area contributed by atoms with Crippen LogP contribution in [-0.4, -0.2) is 59.1 Å². The third-order valence-electron chi connectivity index (χ3n) is 6.35. The summed E-state index contributed by atoms with van der Waals surface area (Å²) in [6, 6.07) is 14.1. The van der Waals surface area contributed by atoms with E-state index in [-0.39, 0.29) is 24.3 Å². The SMILES string of the molecule is Cc1cc(C)cc(N2CC(c3nc4ccccc4n3CC(=O)N3CCOCC3)CC2=O)c1. The highest BCUT2D eigenvalue weighted by atomic mass is 16.5. The minimum Gasteiger partial charge on any atom is -0.378 e. The highest BCUT2D eigenvalue weighted by Crippen LogP contribution is 2.34. The highest BCUT2D eigenvalue weighted by molar-refractivity contribution is 5.96. The molecule has 1 unspecified atom stereocenters. The third-order valence-corrected chi connectivity index (χ3v) is 6.35. The molecule has 2 aromatic carbocycles. The average Bonchev–Trinajstić information content (AvgIpc) is 3.34. The van der Waals surface area contributed by atoms with Crippen LogP contribution in [0.1, 0.15) is 29.3 Å². The van der Waals surface area contributed by atoms with E-state index >= 15 is 0 Å². The van der Waals surface area contributed by atoms with Gasteiger partial charge in [-0.2, -0.15) is 0 Å². The van der Waals surface area contributed by atoms with E-state index in [4.69, 9.17) is 9.72 Å². The number of carbonyl (C=O) groups is 2. The molecule has 5 rings (SSSR count). The van der Waals surface area contributed by atoms with Crippen molar-refractivity contribution in [2.24, 2.45) is 0 Å². The van der Waals surface area contributed by atoms with Crippen LogP contribution in [0.3, 0.4) is 0 Å². The number of aromatic nitrogens is 2. The Balaban J connectivity index is 1.46. The van der Waals surface area contributed by atoms with Crippen molar-refractivity contribution in [3.05, 3.63) is 59.4 Å². The minimum absolute atomic E-state index is 0.0618. The van der Waals surface area contributed by atoms with E-state index in [1.165, 1.54) is 0 Å². The van der Waals surface area contributed by atoms with Crippen LogP contribution in [-0.2, 0) is 20.9 Å². The standard InChI is InChI=1S/C25H28N4O3/c1-17-11-18(2)13-20(12-17)28-15-19(14-23(28)30)25-26-21-5-3-4-6-22(21)29(25)16-24(31)27-7-9-32-10-8-27/h3-6,11-13,19H,7-10,14-16H2,1-2H3. The topological polar surface area (TPSA) is 67.7 Å². The molecule has 3 aromatic rings. The number of rotatable bonds is 4. The molecule has 1 aromatic heterocycles. The number of para-hydroxylation sites is 2. The van der Waals surface area contributed by atoms with Crippen molar-refractivity contribution in [2.45, 2.75) is 32.7 Å². The maximum absolute atomic E-state index is 13.0. The van der Waals surface area contributed by atoms with E-state index < -0.39 is 0 Å². The molecule has 32 heavy (non-hydrogen) atoms. The Morgan fingerprint density at radius 3 is 2.56 bits per heavy atom. The Hall–Kier alpha value is -3.19. The van der Waals surface area contributed by atoms with Gasteiger partial charge < -0.3 is 19.1 Å². The molecule has 2 fully saturated rings. The molecule has 7 heteroatoms. The molecule has 2 amide bonds. The Bertz CT molecular complexity index is 1160. The normalized spacial score (nSPS) is 19.2. The zero-order valence-electron chi connectivity index (χ0n) is 18.6. The van der Waals surface area contributed by atoms with Gasteiger partial charge in [0.05, 0.1) is 24.2 Å². The Morgan fingerprint density at radius 2 is 1.81 bits per heavy atom. The van der Waals surface area contributed by atoms with E-state index in [9.17, 15) is 9.59 Å². The third kappa shape index (κ3) is 3.88. The van der Waals surface area contributed by atoms with Gasteiger partial charge in [-0.05, 0) is 49.2 Å². The fraction of sp³-hybridized carbons (Fsp3) is 0.400. The van der Waals surface area contributed by atoms with Crippen molar-refractivity contribution >= 4 is 28.5 Å². The molecule has 1 atom stereocenters. The van der Waals surface area contributed by atoms with Gasteiger partial charge in [-0.25, -0.2) is 4.98 Å². The van der Waals surface area contributed by atoms with Gasteiger partial charge in [-0.15, -0.1) is 0 Å². The van der Waals surface area contributed by atoms with Gasteiger partial charge in [0.2, 0.25) is 11.8 Å². The second-order valence-electron chi connectivity index (χ2n) is 8.79. The fourth-order valence-corrected chi connectivity index (χ4v) is 4.86. The van der Waals surface area contributed by atoms with E-state index in [1.54, 1.807) is 0 Å². The van der Waals surface area contributed by atoms with Crippen molar-refractivity contribution in [1.82, 2.24) is 14.5 Å². The van der Waals surface area contributed by atoms with E-state index in [2.05, 4.69) is 18.2 Å². The number of amides is 2. The molecule has 0 spiro atoms. The number of aryl methyl sites for hydroxylation is 2. The predicted octanol–water partition coefficient (Wildman–Crippen LogP) is 3.03. The number of fused-ring (bicyclic) bond motifs is 1. The van der Waals surface area contributed by atoms with Crippen LogP contribution in [0.4, 0.5) is 5.69 Å². The zero-order chi connectivity index (χ0) is 22.2. The van der Waals surface area contributed by atoms with Crippen molar-refractivity contribution in [2.75, 3.05) is 37.7 Å². The average molecular weight is 433 g/mol. The summed E-state index contributed by atoms with van der Waals surface area (Å²) < 4.78 is 7.40. The van der Waals surface area contributed by atoms with Crippen molar-refractivity contribution in [3.63, 3.8) is 0 Å².